The van der Waals surface area contributed by atoms with E-state index < -0.39 is 0 Å². The Morgan fingerprint density at radius 1 is 1.32 bits per heavy atom. The molecule has 1 heterocycles. The third kappa shape index (κ3) is 3.53. The smallest absolute Gasteiger partial charge is 0.251 e. The Hall–Kier alpha value is -1.42. The number of fused-ring (bicyclic) bond motifs is 1. The van der Waals surface area contributed by atoms with Crippen molar-refractivity contribution in [3.63, 3.8) is 0 Å². The van der Waals surface area contributed by atoms with Crippen molar-refractivity contribution in [3.05, 3.63) is 23.8 Å². The summed E-state index contributed by atoms with van der Waals surface area (Å²) >= 11 is 5.72. The van der Waals surface area contributed by atoms with Crippen LogP contribution in [0.1, 0.15) is 30.6 Å². The third-order valence-corrected chi connectivity index (χ3v) is 3.16. The van der Waals surface area contributed by atoms with Crippen molar-refractivity contribution in [2.24, 2.45) is 0 Å². The highest BCUT2D eigenvalue weighted by atomic mass is 35.5. The van der Waals surface area contributed by atoms with Crippen LogP contribution in [-0.4, -0.2) is 30.5 Å². The van der Waals surface area contributed by atoms with E-state index in [-0.39, 0.29) is 11.4 Å². The van der Waals surface area contributed by atoms with Crippen LogP contribution in [0.25, 0.3) is 0 Å². The van der Waals surface area contributed by atoms with Crippen molar-refractivity contribution in [1.82, 2.24) is 5.32 Å². The molecule has 19 heavy (non-hydrogen) atoms. The highest BCUT2D eigenvalue weighted by Gasteiger charge is 2.22. The van der Waals surface area contributed by atoms with Crippen molar-refractivity contribution in [2.45, 2.75) is 25.8 Å². The van der Waals surface area contributed by atoms with Gasteiger partial charge in [-0.1, -0.05) is 0 Å². The van der Waals surface area contributed by atoms with Crippen molar-refractivity contribution in [3.8, 4) is 11.5 Å². The van der Waals surface area contributed by atoms with E-state index in [2.05, 4.69) is 5.32 Å². The lowest BCUT2D eigenvalue weighted by atomic mass is 10.0. The summed E-state index contributed by atoms with van der Waals surface area (Å²) in [6.45, 7) is 4.95. The molecule has 0 radical (unpaired) electrons. The van der Waals surface area contributed by atoms with Gasteiger partial charge in [-0.05, 0) is 38.5 Å². The van der Waals surface area contributed by atoms with Crippen molar-refractivity contribution in [1.29, 1.82) is 0 Å². The van der Waals surface area contributed by atoms with E-state index in [0.717, 1.165) is 0 Å². The molecule has 1 aromatic rings. The fourth-order valence-corrected chi connectivity index (χ4v) is 2.34. The van der Waals surface area contributed by atoms with Crippen LogP contribution in [0, 0.1) is 0 Å². The van der Waals surface area contributed by atoms with Gasteiger partial charge in [-0.25, -0.2) is 0 Å². The molecule has 0 aliphatic carbocycles. The highest BCUT2D eigenvalue weighted by molar-refractivity contribution is 6.17. The van der Waals surface area contributed by atoms with Gasteiger partial charge in [0.2, 0.25) is 0 Å². The minimum atomic E-state index is -0.327. The summed E-state index contributed by atoms with van der Waals surface area (Å²) in [6.07, 6.45) is 0.713. The molecule has 1 amide bonds. The van der Waals surface area contributed by atoms with E-state index in [9.17, 15) is 4.79 Å². The number of carbonyl (C=O) groups is 1. The predicted octanol–water partition coefficient (Wildman–Crippen LogP) is 2.60. The second kappa shape index (κ2) is 5.70. The second-order valence-corrected chi connectivity index (χ2v) is 5.51. The minimum absolute atomic E-state index is 0.132. The number of amides is 1. The fourth-order valence-electron chi connectivity index (χ4n) is 1.86. The maximum atomic E-state index is 12.2. The zero-order chi connectivity index (χ0) is 13.9. The van der Waals surface area contributed by atoms with Crippen LogP contribution in [0.15, 0.2) is 18.2 Å². The van der Waals surface area contributed by atoms with Crippen LogP contribution >= 0.6 is 11.6 Å². The number of carbonyl (C=O) groups excluding carboxylic acids is 1. The van der Waals surface area contributed by atoms with Gasteiger partial charge >= 0.3 is 0 Å². The molecule has 0 saturated heterocycles. The topological polar surface area (TPSA) is 47.6 Å². The first-order chi connectivity index (χ1) is 9.02. The quantitative estimate of drug-likeness (QED) is 0.864. The van der Waals surface area contributed by atoms with Crippen LogP contribution in [0.4, 0.5) is 0 Å². The molecule has 0 fully saturated rings. The van der Waals surface area contributed by atoms with E-state index in [1.165, 1.54) is 0 Å². The van der Waals surface area contributed by atoms with Gasteiger partial charge in [-0.2, -0.15) is 0 Å². The summed E-state index contributed by atoms with van der Waals surface area (Å²) in [4.78, 5) is 12.2. The summed E-state index contributed by atoms with van der Waals surface area (Å²) in [5, 5.41) is 2.96. The van der Waals surface area contributed by atoms with Gasteiger partial charge in [0.05, 0.1) is 0 Å². The van der Waals surface area contributed by atoms with E-state index in [1.54, 1.807) is 18.2 Å². The molecule has 1 N–H and O–H groups in total. The molecule has 4 nitrogen and oxygen atoms in total. The highest BCUT2D eigenvalue weighted by Crippen LogP contribution is 2.30. The Kier molecular flexibility index (Phi) is 4.20. The van der Waals surface area contributed by atoms with Crippen LogP contribution in [0.2, 0.25) is 0 Å². The predicted molar refractivity (Wildman–Crippen MR) is 74.3 cm³/mol. The van der Waals surface area contributed by atoms with Gasteiger partial charge in [0.1, 0.15) is 13.2 Å². The molecule has 0 atom stereocenters. The Balaban J connectivity index is 2.11. The fraction of sp³-hybridized carbons (Fsp3) is 0.500. The average Bonchev–Trinajstić information content (AvgIpc) is 2.37. The van der Waals surface area contributed by atoms with Crippen molar-refractivity contribution < 1.29 is 14.3 Å². The first-order valence-electron chi connectivity index (χ1n) is 6.30. The molecule has 0 saturated carbocycles. The van der Waals surface area contributed by atoms with Gasteiger partial charge in [-0.15, -0.1) is 11.6 Å². The second-order valence-electron chi connectivity index (χ2n) is 5.14. The Bertz CT molecular complexity index is 474. The van der Waals surface area contributed by atoms with Crippen LogP contribution in [-0.2, 0) is 0 Å². The van der Waals surface area contributed by atoms with E-state index >= 15 is 0 Å². The summed E-state index contributed by atoms with van der Waals surface area (Å²) in [7, 11) is 0. The summed E-state index contributed by atoms with van der Waals surface area (Å²) in [5.74, 6) is 1.68. The van der Waals surface area contributed by atoms with Crippen molar-refractivity contribution >= 4 is 17.5 Å². The van der Waals surface area contributed by atoms with E-state index in [4.69, 9.17) is 21.1 Å². The normalized spacial score (nSPS) is 14.1. The van der Waals surface area contributed by atoms with Gasteiger partial charge in [-0.3, -0.25) is 4.79 Å². The Morgan fingerprint density at radius 3 is 2.68 bits per heavy atom. The number of halogens is 1. The zero-order valence-electron chi connectivity index (χ0n) is 11.2. The lowest BCUT2D eigenvalue weighted by molar-refractivity contribution is 0.0910. The number of hydrogen-bond donors (Lipinski definition) is 1. The molecule has 1 aliphatic rings. The molecule has 0 spiro atoms. The standard InChI is InChI=1S/C14H18ClNO3/c1-14(2,5-6-15)16-13(17)10-3-4-11-12(9-10)19-8-7-18-11/h3-4,9H,5-8H2,1-2H3,(H,16,17). The Labute approximate surface area is 118 Å². The number of benzene rings is 1. The number of alkyl halides is 1. The average molecular weight is 284 g/mol. The molecule has 104 valence electrons. The van der Waals surface area contributed by atoms with E-state index in [0.29, 0.717) is 42.6 Å². The molecule has 0 bridgehead atoms. The lowest BCUT2D eigenvalue weighted by Gasteiger charge is -2.25. The summed E-state index contributed by atoms with van der Waals surface area (Å²) < 4.78 is 10.9. The molecular weight excluding hydrogens is 266 g/mol. The largest absolute Gasteiger partial charge is 0.486 e. The summed E-state index contributed by atoms with van der Waals surface area (Å²) in [6, 6.07) is 5.21. The summed E-state index contributed by atoms with van der Waals surface area (Å²) in [5.41, 5.74) is 0.235. The molecule has 5 heteroatoms. The third-order valence-electron chi connectivity index (χ3n) is 2.98. The van der Waals surface area contributed by atoms with Crippen LogP contribution in [0.3, 0.4) is 0 Å². The molecule has 1 aromatic carbocycles. The molecule has 0 aromatic heterocycles. The van der Waals surface area contributed by atoms with E-state index in [1.807, 2.05) is 13.8 Å². The van der Waals surface area contributed by atoms with Gasteiger partial charge in [0.25, 0.3) is 5.91 Å². The SMILES string of the molecule is CC(C)(CCCl)NC(=O)c1ccc2c(c1)OCCO2. The number of nitrogens with one attached hydrogen (secondary N) is 1. The zero-order valence-corrected chi connectivity index (χ0v) is 11.9. The maximum absolute atomic E-state index is 12.2. The molecular formula is C14H18ClNO3. The first-order valence-corrected chi connectivity index (χ1v) is 6.83. The molecule has 1 aliphatic heterocycles. The monoisotopic (exact) mass is 283 g/mol. The number of rotatable bonds is 4. The van der Waals surface area contributed by atoms with Crippen LogP contribution < -0.4 is 14.8 Å². The molecule has 0 unspecified atom stereocenters. The number of hydrogen-bond acceptors (Lipinski definition) is 3. The van der Waals surface area contributed by atoms with Crippen molar-refractivity contribution in [2.75, 3.05) is 19.1 Å². The maximum Gasteiger partial charge on any atom is 0.251 e. The minimum Gasteiger partial charge on any atom is -0.486 e. The lowest BCUT2D eigenvalue weighted by Crippen LogP contribution is -2.43. The Morgan fingerprint density at radius 2 is 2.00 bits per heavy atom. The van der Waals surface area contributed by atoms with Gasteiger partial charge < -0.3 is 14.8 Å². The number of ether oxygens (including phenoxy) is 2. The van der Waals surface area contributed by atoms with Crippen LogP contribution in [0.5, 0.6) is 11.5 Å². The molecule has 2 rings (SSSR count). The first kappa shape index (κ1) is 14.0. The van der Waals surface area contributed by atoms with Gasteiger partial charge in [0.15, 0.2) is 11.5 Å². The van der Waals surface area contributed by atoms with Gasteiger partial charge in [0, 0.05) is 17.0 Å².